The first-order valence-corrected chi connectivity index (χ1v) is 10.9. The van der Waals surface area contributed by atoms with E-state index < -0.39 is 24.1 Å². The lowest BCUT2D eigenvalue weighted by Crippen LogP contribution is -2.42. The molecular formula is C7H20O3Si3. The van der Waals surface area contributed by atoms with Crippen LogP contribution in [0.25, 0.3) is 0 Å². The summed E-state index contributed by atoms with van der Waals surface area (Å²) in [6, 6.07) is 0. The van der Waals surface area contributed by atoms with Gasteiger partial charge in [-0.25, -0.2) is 0 Å². The minimum atomic E-state index is -1.17. The van der Waals surface area contributed by atoms with Crippen LogP contribution in [-0.2, 0) is 13.3 Å². The molecule has 0 aliphatic carbocycles. The van der Waals surface area contributed by atoms with E-state index in [4.69, 9.17) is 13.3 Å². The summed E-state index contributed by atoms with van der Waals surface area (Å²) in [6.07, 6.45) is 1.62. The minimum Gasteiger partial charge on any atom is -0.378 e. The minimum absolute atomic E-state index is 0.590. The summed E-state index contributed by atoms with van der Waals surface area (Å²) in [6.45, 7) is 12.1. The molecule has 0 aliphatic heterocycles. The molecular weight excluding hydrogens is 216 g/mol. The molecule has 0 radical (unpaired) electrons. The Bertz CT molecular complexity index is 151. The lowest BCUT2D eigenvalue weighted by atomic mass is 10.6. The van der Waals surface area contributed by atoms with Crippen LogP contribution in [0.15, 0.2) is 12.7 Å². The normalized spacial score (nSPS) is 12.8. The number of rotatable bonds is 6. The highest BCUT2D eigenvalue weighted by Gasteiger charge is 2.29. The molecule has 0 unspecified atom stereocenters. The van der Waals surface area contributed by atoms with Gasteiger partial charge in [0.1, 0.15) is 0 Å². The van der Waals surface area contributed by atoms with Gasteiger partial charge in [0.05, 0.1) is 0 Å². The van der Waals surface area contributed by atoms with Gasteiger partial charge in [0.2, 0.25) is 0 Å². The highest BCUT2D eigenvalue weighted by Crippen LogP contribution is 2.18. The van der Waals surface area contributed by atoms with Crippen LogP contribution < -0.4 is 0 Å². The van der Waals surface area contributed by atoms with Crippen LogP contribution in [0.2, 0.25) is 26.2 Å². The highest BCUT2D eigenvalue weighted by molar-refractivity contribution is 6.49. The van der Waals surface area contributed by atoms with Gasteiger partial charge in [-0.05, 0) is 32.3 Å². The molecule has 0 bridgehead atoms. The lowest BCUT2D eigenvalue weighted by molar-refractivity contribution is -0.218. The molecule has 0 rings (SSSR count). The molecule has 0 amide bonds. The zero-order chi connectivity index (χ0) is 10.5. The van der Waals surface area contributed by atoms with Crippen molar-refractivity contribution in [3.05, 3.63) is 12.7 Å². The van der Waals surface area contributed by atoms with Gasteiger partial charge in [0, 0.05) is 0 Å². The Morgan fingerprint density at radius 3 is 1.69 bits per heavy atom. The Kier molecular flexibility index (Phi) is 6.01. The predicted molar refractivity (Wildman–Crippen MR) is 63.9 cm³/mol. The van der Waals surface area contributed by atoms with Gasteiger partial charge < -0.3 is 13.3 Å². The molecule has 0 aromatic heterocycles. The molecule has 6 heteroatoms. The Morgan fingerprint density at radius 1 is 1.15 bits per heavy atom. The summed E-state index contributed by atoms with van der Waals surface area (Å²) < 4.78 is 16.7. The molecule has 0 heterocycles. The molecule has 13 heavy (non-hydrogen) atoms. The van der Waals surface area contributed by atoms with E-state index in [2.05, 4.69) is 32.8 Å². The monoisotopic (exact) mass is 236 g/mol. The van der Waals surface area contributed by atoms with Crippen molar-refractivity contribution in [2.24, 2.45) is 0 Å². The Morgan fingerprint density at radius 2 is 1.54 bits per heavy atom. The second kappa shape index (κ2) is 5.89. The number of hydrogen-bond donors (Lipinski definition) is 0. The maximum atomic E-state index is 5.69. The summed E-state index contributed by atoms with van der Waals surface area (Å²) in [5.74, 6) is -0.924. The van der Waals surface area contributed by atoms with E-state index in [-0.39, 0.29) is 0 Å². The highest BCUT2D eigenvalue weighted by atomic mass is 28.3. The Hall–Kier alpha value is 0.271. The Labute approximate surface area is 87.1 Å². The van der Waals surface area contributed by atoms with Crippen molar-refractivity contribution in [1.29, 1.82) is 0 Å². The van der Waals surface area contributed by atoms with Crippen LogP contribution in [0, 0.1) is 0 Å². The average molecular weight is 236 g/mol. The van der Waals surface area contributed by atoms with Crippen molar-refractivity contribution < 1.29 is 13.3 Å². The third kappa shape index (κ3) is 4.89. The van der Waals surface area contributed by atoms with Crippen molar-refractivity contribution in [3.8, 4) is 0 Å². The molecule has 0 spiro atoms. The van der Waals surface area contributed by atoms with Gasteiger partial charge in [-0.3, -0.25) is 0 Å². The van der Waals surface area contributed by atoms with Gasteiger partial charge in [0.15, 0.2) is 28.6 Å². The fraction of sp³-hybridized carbons (Fsp3) is 0.714. The maximum absolute atomic E-state index is 5.69. The first-order valence-electron chi connectivity index (χ1n) is 4.50. The molecule has 0 N–H and O–H groups in total. The topological polar surface area (TPSA) is 27.7 Å². The summed E-state index contributed by atoms with van der Waals surface area (Å²) in [5.41, 5.74) is 0. The SMILES string of the molecule is C=CC(O[SiH3])(O[SiH](C)C)O[SiH](C)C. The fourth-order valence-corrected chi connectivity index (χ4v) is 3.63. The van der Waals surface area contributed by atoms with E-state index in [0.717, 1.165) is 0 Å². The van der Waals surface area contributed by atoms with E-state index in [1.165, 1.54) is 0 Å². The van der Waals surface area contributed by atoms with Crippen LogP contribution in [-0.4, -0.2) is 34.5 Å². The summed E-state index contributed by atoms with van der Waals surface area (Å²) in [7, 11) is -1.74. The molecule has 0 atom stereocenters. The van der Waals surface area contributed by atoms with Gasteiger partial charge in [0.25, 0.3) is 5.97 Å². The van der Waals surface area contributed by atoms with Crippen molar-refractivity contribution in [1.82, 2.24) is 0 Å². The standard InChI is InChI=1S/C7H20O3Si3/c1-6-7(8-11,9-12(2)3)10-13(4)5/h6,12-13H,1H2,2-5,11H3. The maximum Gasteiger partial charge on any atom is 0.274 e. The molecule has 78 valence electrons. The van der Waals surface area contributed by atoms with Gasteiger partial charge in [-0.1, -0.05) is 6.58 Å². The van der Waals surface area contributed by atoms with Crippen molar-refractivity contribution in [3.63, 3.8) is 0 Å². The summed E-state index contributed by atoms with van der Waals surface area (Å²) in [5, 5.41) is 0. The summed E-state index contributed by atoms with van der Waals surface area (Å²) >= 11 is 0. The van der Waals surface area contributed by atoms with Crippen LogP contribution in [0.5, 0.6) is 0 Å². The zero-order valence-electron chi connectivity index (χ0n) is 9.16. The summed E-state index contributed by atoms with van der Waals surface area (Å²) in [4.78, 5) is 0. The van der Waals surface area contributed by atoms with E-state index in [9.17, 15) is 0 Å². The van der Waals surface area contributed by atoms with Crippen LogP contribution in [0.3, 0.4) is 0 Å². The first kappa shape index (κ1) is 13.3. The third-order valence-electron chi connectivity index (χ3n) is 1.33. The van der Waals surface area contributed by atoms with Crippen molar-refractivity contribution >= 4 is 28.6 Å². The van der Waals surface area contributed by atoms with E-state index in [1.807, 2.05) is 0 Å². The second-order valence-electron chi connectivity index (χ2n) is 3.35. The third-order valence-corrected chi connectivity index (χ3v) is 3.50. The molecule has 0 saturated carbocycles. The quantitative estimate of drug-likeness (QED) is 0.373. The Balaban J connectivity index is 4.39. The second-order valence-corrected chi connectivity index (χ2v) is 8.42. The van der Waals surface area contributed by atoms with Crippen LogP contribution >= 0.6 is 0 Å². The van der Waals surface area contributed by atoms with Gasteiger partial charge in [-0.2, -0.15) is 0 Å². The number of hydrogen-bond acceptors (Lipinski definition) is 3. The van der Waals surface area contributed by atoms with Crippen LogP contribution in [0.1, 0.15) is 0 Å². The molecule has 0 fully saturated rings. The van der Waals surface area contributed by atoms with Crippen molar-refractivity contribution in [2.45, 2.75) is 32.2 Å². The smallest absolute Gasteiger partial charge is 0.274 e. The van der Waals surface area contributed by atoms with Crippen LogP contribution in [0.4, 0.5) is 0 Å². The van der Waals surface area contributed by atoms with E-state index >= 15 is 0 Å². The molecule has 0 aromatic carbocycles. The molecule has 3 nitrogen and oxygen atoms in total. The first-order chi connectivity index (χ1) is 5.95. The van der Waals surface area contributed by atoms with Gasteiger partial charge >= 0.3 is 0 Å². The van der Waals surface area contributed by atoms with E-state index in [1.54, 1.807) is 6.08 Å². The average Bonchev–Trinajstić information content (AvgIpc) is 2.01. The van der Waals surface area contributed by atoms with E-state index in [0.29, 0.717) is 10.5 Å². The zero-order valence-corrected chi connectivity index (χ0v) is 13.5. The molecule has 0 saturated heterocycles. The largest absolute Gasteiger partial charge is 0.378 e. The van der Waals surface area contributed by atoms with Gasteiger partial charge in [-0.15, -0.1) is 0 Å². The van der Waals surface area contributed by atoms with Crippen molar-refractivity contribution in [2.75, 3.05) is 0 Å². The lowest BCUT2D eigenvalue weighted by Gasteiger charge is -2.33. The predicted octanol–water partition coefficient (Wildman–Crippen LogP) is 0.123. The fourth-order valence-electron chi connectivity index (χ4n) is 0.961. The molecule has 0 aliphatic rings. The molecule has 0 aromatic rings.